The first-order valence-electron chi connectivity index (χ1n) is 8.85. The van der Waals surface area contributed by atoms with Crippen molar-refractivity contribution in [3.8, 4) is 0 Å². The van der Waals surface area contributed by atoms with Crippen molar-refractivity contribution in [3.63, 3.8) is 0 Å². The van der Waals surface area contributed by atoms with Crippen LogP contribution in [-0.4, -0.2) is 35.5 Å². The zero-order chi connectivity index (χ0) is 16.4. The second-order valence-electron chi connectivity index (χ2n) is 7.45. The lowest BCUT2D eigenvalue weighted by molar-refractivity contribution is 0.0158. The first-order chi connectivity index (χ1) is 11.0. The molecule has 0 radical (unpaired) electrons. The lowest BCUT2D eigenvalue weighted by Crippen LogP contribution is -2.57. The molecule has 2 heterocycles. The van der Waals surface area contributed by atoms with Crippen molar-refractivity contribution in [1.29, 1.82) is 0 Å². The number of carbonyl (C=O) groups excluding carboxylic acids is 1. The number of benzene rings is 1. The highest BCUT2D eigenvalue weighted by atomic mass is 19.1. The lowest BCUT2D eigenvalue weighted by atomic mass is 9.81. The zero-order valence-electron chi connectivity index (χ0n) is 14.1. The maximum atomic E-state index is 13.8. The van der Waals surface area contributed by atoms with Crippen LogP contribution < -0.4 is 5.32 Å². The Hall–Kier alpha value is -1.42. The van der Waals surface area contributed by atoms with E-state index in [1.165, 1.54) is 25.3 Å². The normalized spacial score (nSPS) is 27.9. The van der Waals surface area contributed by atoms with Crippen LogP contribution in [0.5, 0.6) is 0 Å². The Balaban J connectivity index is 1.65. The first-order valence-corrected chi connectivity index (χ1v) is 8.85. The second-order valence-corrected chi connectivity index (χ2v) is 7.45. The Bertz CT molecular complexity index is 546. The monoisotopic (exact) mass is 318 g/mol. The molecule has 1 amide bonds. The summed E-state index contributed by atoms with van der Waals surface area (Å²) in [5, 5.41) is 3.07. The third-order valence-electron chi connectivity index (χ3n) is 5.16. The van der Waals surface area contributed by atoms with Crippen LogP contribution in [-0.2, 0) is 0 Å². The minimum absolute atomic E-state index is 0.155. The number of amides is 1. The van der Waals surface area contributed by atoms with E-state index < -0.39 is 5.82 Å². The van der Waals surface area contributed by atoms with Crippen molar-refractivity contribution in [2.24, 2.45) is 5.92 Å². The maximum Gasteiger partial charge on any atom is 0.254 e. The van der Waals surface area contributed by atoms with E-state index in [9.17, 15) is 9.18 Å². The molecule has 3 rings (SSSR count). The van der Waals surface area contributed by atoms with E-state index >= 15 is 0 Å². The highest BCUT2D eigenvalue weighted by molar-refractivity contribution is 5.94. The van der Waals surface area contributed by atoms with Crippen molar-refractivity contribution in [3.05, 3.63) is 35.6 Å². The van der Waals surface area contributed by atoms with Gasteiger partial charge >= 0.3 is 0 Å². The largest absolute Gasteiger partial charge is 0.349 e. The molecule has 4 heteroatoms. The van der Waals surface area contributed by atoms with Gasteiger partial charge in [-0.3, -0.25) is 9.69 Å². The van der Waals surface area contributed by atoms with Crippen LogP contribution in [0.2, 0.25) is 0 Å². The van der Waals surface area contributed by atoms with E-state index in [-0.39, 0.29) is 17.5 Å². The number of nitrogens with one attached hydrogen (secondary N) is 1. The van der Waals surface area contributed by atoms with E-state index in [1.807, 2.05) is 0 Å². The highest BCUT2D eigenvalue weighted by Gasteiger charge is 2.38. The summed E-state index contributed by atoms with van der Waals surface area (Å²) in [5.74, 6) is -0.0476. The molecule has 23 heavy (non-hydrogen) atoms. The van der Waals surface area contributed by atoms with Crippen LogP contribution >= 0.6 is 0 Å². The fraction of sp³-hybridized carbons (Fsp3) is 0.632. The number of piperidine rings is 2. The van der Waals surface area contributed by atoms with E-state index in [1.54, 1.807) is 18.2 Å². The fourth-order valence-corrected chi connectivity index (χ4v) is 4.22. The minimum Gasteiger partial charge on any atom is -0.349 e. The summed E-state index contributed by atoms with van der Waals surface area (Å²) >= 11 is 0. The van der Waals surface area contributed by atoms with Crippen LogP contribution in [0.15, 0.2) is 24.3 Å². The molecular weight excluding hydrogens is 291 g/mol. The van der Waals surface area contributed by atoms with Crippen LogP contribution in [0.3, 0.4) is 0 Å². The van der Waals surface area contributed by atoms with E-state index in [0.29, 0.717) is 18.0 Å². The number of halogens is 1. The Labute approximate surface area is 138 Å². The van der Waals surface area contributed by atoms with Crippen LogP contribution in [0.25, 0.3) is 0 Å². The topological polar surface area (TPSA) is 32.3 Å². The van der Waals surface area contributed by atoms with Gasteiger partial charge in [-0.25, -0.2) is 4.39 Å². The Morgan fingerprint density at radius 2 is 1.91 bits per heavy atom. The summed E-state index contributed by atoms with van der Waals surface area (Å²) in [4.78, 5) is 15.0. The van der Waals surface area contributed by atoms with Gasteiger partial charge in [-0.2, -0.15) is 0 Å². The zero-order valence-corrected chi connectivity index (χ0v) is 14.1. The van der Waals surface area contributed by atoms with Gasteiger partial charge in [0, 0.05) is 24.7 Å². The maximum absolute atomic E-state index is 13.8. The summed E-state index contributed by atoms with van der Waals surface area (Å²) in [7, 11) is 0. The van der Waals surface area contributed by atoms with Gasteiger partial charge in [0.15, 0.2) is 0 Å². The molecule has 2 atom stereocenters. The summed E-state index contributed by atoms with van der Waals surface area (Å²) < 4.78 is 13.8. The average molecular weight is 318 g/mol. The molecule has 2 saturated heterocycles. The predicted molar refractivity (Wildman–Crippen MR) is 89.9 cm³/mol. The van der Waals surface area contributed by atoms with Crippen molar-refractivity contribution < 1.29 is 9.18 Å². The quantitative estimate of drug-likeness (QED) is 0.920. The Morgan fingerprint density at radius 3 is 2.52 bits per heavy atom. The molecule has 1 aromatic rings. The first kappa shape index (κ1) is 16.4. The standard InChI is InChI=1S/C19H27FN2O/c1-13(2)12-22-15-6-5-7-16(22)11-14(10-15)21-19(23)17-8-3-4-9-18(17)20/h3-4,8-9,13-16H,5-7,10-12H2,1-2H3,(H,21,23)/t15-,16-/m0/s1. The van der Waals surface area contributed by atoms with Crippen molar-refractivity contribution in [1.82, 2.24) is 10.2 Å². The summed E-state index contributed by atoms with van der Waals surface area (Å²) in [6, 6.07) is 7.51. The molecule has 0 spiro atoms. The molecule has 2 aliphatic rings. The average Bonchev–Trinajstić information content (AvgIpc) is 2.47. The molecule has 2 aliphatic heterocycles. The van der Waals surface area contributed by atoms with Gasteiger partial charge in [0.1, 0.15) is 5.82 Å². The van der Waals surface area contributed by atoms with Gasteiger partial charge in [-0.1, -0.05) is 32.4 Å². The van der Waals surface area contributed by atoms with Crippen molar-refractivity contribution >= 4 is 5.91 Å². The summed E-state index contributed by atoms with van der Waals surface area (Å²) in [6.07, 6.45) is 5.70. The van der Waals surface area contributed by atoms with E-state index in [2.05, 4.69) is 24.1 Å². The second kappa shape index (κ2) is 7.00. The summed E-state index contributed by atoms with van der Waals surface area (Å²) in [6.45, 7) is 5.67. The Morgan fingerprint density at radius 1 is 1.26 bits per heavy atom. The Kier molecular flexibility index (Phi) is 5.00. The molecule has 0 saturated carbocycles. The molecule has 126 valence electrons. The fourth-order valence-electron chi connectivity index (χ4n) is 4.22. The molecule has 1 N–H and O–H groups in total. The number of rotatable bonds is 4. The van der Waals surface area contributed by atoms with Crippen molar-refractivity contribution in [2.75, 3.05) is 6.54 Å². The summed E-state index contributed by atoms with van der Waals surface area (Å²) in [5.41, 5.74) is 0.155. The third-order valence-corrected chi connectivity index (χ3v) is 5.16. The van der Waals surface area contributed by atoms with E-state index in [4.69, 9.17) is 0 Å². The lowest BCUT2D eigenvalue weighted by Gasteiger charge is -2.49. The van der Waals surface area contributed by atoms with Gasteiger partial charge in [0.25, 0.3) is 5.91 Å². The molecular formula is C19H27FN2O. The van der Waals surface area contributed by atoms with Gasteiger partial charge in [0.05, 0.1) is 5.56 Å². The minimum atomic E-state index is -0.442. The molecule has 0 aromatic heterocycles. The molecule has 3 nitrogen and oxygen atoms in total. The van der Waals surface area contributed by atoms with Crippen LogP contribution in [0, 0.1) is 11.7 Å². The predicted octanol–water partition coefficient (Wildman–Crippen LogP) is 3.60. The molecule has 2 fully saturated rings. The third kappa shape index (κ3) is 3.74. The smallest absolute Gasteiger partial charge is 0.254 e. The highest BCUT2D eigenvalue weighted by Crippen LogP contribution is 2.34. The molecule has 0 unspecified atom stereocenters. The van der Waals surface area contributed by atoms with Crippen LogP contribution in [0.1, 0.15) is 56.3 Å². The van der Waals surface area contributed by atoms with Gasteiger partial charge < -0.3 is 5.32 Å². The number of fused-ring (bicyclic) bond motifs is 2. The number of hydrogen-bond acceptors (Lipinski definition) is 2. The van der Waals surface area contributed by atoms with Gasteiger partial charge in [0.2, 0.25) is 0 Å². The molecule has 0 aliphatic carbocycles. The number of nitrogens with zero attached hydrogens (tertiary/aromatic N) is 1. The molecule has 1 aromatic carbocycles. The van der Waals surface area contributed by atoms with Gasteiger partial charge in [-0.15, -0.1) is 0 Å². The van der Waals surface area contributed by atoms with E-state index in [0.717, 1.165) is 19.4 Å². The van der Waals surface area contributed by atoms with Crippen LogP contribution in [0.4, 0.5) is 4.39 Å². The van der Waals surface area contributed by atoms with Gasteiger partial charge in [-0.05, 0) is 43.7 Å². The molecule has 2 bridgehead atoms. The van der Waals surface area contributed by atoms with Crippen molar-refractivity contribution in [2.45, 2.75) is 64.1 Å². The SMILES string of the molecule is CC(C)CN1[C@H]2CCC[C@H]1CC(NC(=O)c1ccccc1F)C2. The number of hydrogen-bond donors (Lipinski definition) is 1. The number of carbonyl (C=O) groups is 1.